The Bertz CT molecular complexity index is 201. The molecule has 0 aromatic rings. The molecule has 5 heteroatoms. The van der Waals surface area contributed by atoms with E-state index >= 15 is 0 Å². The van der Waals surface area contributed by atoms with Crippen LogP contribution in [0.4, 0.5) is 0 Å². The summed E-state index contributed by atoms with van der Waals surface area (Å²) in [5.41, 5.74) is 0. The lowest BCUT2D eigenvalue weighted by atomic mass is 10.2. The summed E-state index contributed by atoms with van der Waals surface area (Å²) in [6, 6.07) is 0. The Morgan fingerprint density at radius 3 is 3.00 bits per heavy atom. The van der Waals surface area contributed by atoms with Crippen LogP contribution in [-0.4, -0.2) is 48.4 Å². The third kappa shape index (κ3) is 4.86. The van der Waals surface area contributed by atoms with E-state index in [-0.39, 0.29) is 6.10 Å². The van der Waals surface area contributed by atoms with Crippen molar-refractivity contribution in [3.8, 4) is 0 Å². The van der Waals surface area contributed by atoms with Crippen LogP contribution in [0.1, 0.15) is 19.3 Å². The van der Waals surface area contributed by atoms with E-state index in [2.05, 4.69) is 11.6 Å². The normalized spacial score (nSPS) is 25.7. The van der Waals surface area contributed by atoms with Gasteiger partial charge in [-0.15, -0.1) is 0 Å². The molecule has 1 heterocycles. The van der Waals surface area contributed by atoms with E-state index < -0.39 is 12.1 Å². The fourth-order valence-electron chi connectivity index (χ4n) is 1.64. The molecule has 15 heavy (non-hydrogen) atoms. The van der Waals surface area contributed by atoms with Gasteiger partial charge in [0.05, 0.1) is 6.10 Å². The molecule has 0 bridgehead atoms. The highest BCUT2D eigenvalue weighted by Gasteiger charge is 2.29. The molecule has 2 unspecified atom stereocenters. The maximum Gasteiger partial charge on any atom is 0.332 e. The highest BCUT2D eigenvalue weighted by molar-refractivity contribution is 7.98. The second-order valence-electron chi connectivity index (χ2n) is 3.71. The van der Waals surface area contributed by atoms with Crippen LogP contribution < -0.4 is 5.32 Å². The summed E-state index contributed by atoms with van der Waals surface area (Å²) >= 11 is 1.84. The van der Waals surface area contributed by atoms with Crippen molar-refractivity contribution in [2.75, 3.05) is 25.1 Å². The Kier molecular flexibility index (Phi) is 6.05. The molecule has 1 rings (SSSR count). The molecule has 0 amide bonds. The number of carboxylic acid groups (broad SMARTS) is 1. The first-order valence-corrected chi connectivity index (χ1v) is 6.71. The quantitative estimate of drug-likeness (QED) is 0.641. The van der Waals surface area contributed by atoms with Gasteiger partial charge in [-0.2, -0.15) is 11.8 Å². The van der Waals surface area contributed by atoms with Crippen LogP contribution in [0.25, 0.3) is 0 Å². The fraction of sp³-hybridized carbons (Fsp3) is 0.900. The predicted molar refractivity (Wildman–Crippen MR) is 61.4 cm³/mol. The number of rotatable bonds is 7. The minimum atomic E-state index is -0.833. The molecule has 0 aliphatic carbocycles. The van der Waals surface area contributed by atoms with Gasteiger partial charge >= 0.3 is 5.97 Å². The number of carboxylic acids is 1. The van der Waals surface area contributed by atoms with Crippen LogP contribution in [-0.2, 0) is 9.53 Å². The second kappa shape index (κ2) is 7.09. The van der Waals surface area contributed by atoms with Crippen molar-refractivity contribution < 1.29 is 14.6 Å². The average molecular weight is 233 g/mol. The Labute approximate surface area is 94.8 Å². The summed E-state index contributed by atoms with van der Waals surface area (Å²) in [5, 5.41) is 12.0. The highest BCUT2D eigenvalue weighted by atomic mass is 32.2. The van der Waals surface area contributed by atoms with E-state index in [1.807, 2.05) is 11.8 Å². The summed E-state index contributed by atoms with van der Waals surface area (Å²) in [7, 11) is 0. The molecule has 1 aliphatic heterocycles. The minimum Gasteiger partial charge on any atom is -0.479 e. The number of ether oxygens (including phenoxy) is 1. The van der Waals surface area contributed by atoms with Crippen molar-refractivity contribution >= 4 is 17.7 Å². The van der Waals surface area contributed by atoms with Crippen molar-refractivity contribution in [3.63, 3.8) is 0 Å². The van der Waals surface area contributed by atoms with Gasteiger partial charge < -0.3 is 15.2 Å². The summed E-state index contributed by atoms with van der Waals surface area (Å²) in [6.07, 6.45) is 4.25. The van der Waals surface area contributed by atoms with E-state index in [1.54, 1.807) is 0 Å². The van der Waals surface area contributed by atoms with Crippen molar-refractivity contribution in [3.05, 3.63) is 0 Å². The van der Waals surface area contributed by atoms with E-state index in [0.29, 0.717) is 6.42 Å². The summed E-state index contributed by atoms with van der Waals surface area (Å²) in [5.74, 6) is 0.330. The standard InChI is InChI=1S/C10H19NO3S/c1-15-6-2-5-11-7-8-3-4-9(14-8)10(12)13/h8-9,11H,2-7H2,1H3,(H,12,13). The topological polar surface area (TPSA) is 58.6 Å². The Morgan fingerprint density at radius 1 is 1.60 bits per heavy atom. The summed E-state index contributed by atoms with van der Waals surface area (Å²) in [6.45, 7) is 1.76. The van der Waals surface area contributed by atoms with E-state index in [1.165, 1.54) is 0 Å². The molecule has 0 radical (unpaired) electrons. The summed E-state index contributed by atoms with van der Waals surface area (Å²) < 4.78 is 5.36. The van der Waals surface area contributed by atoms with E-state index in [4.69, 9.17) is 9.84 Å². The van der Waals surface area contributed by atoms with Gasteiger partial charge in [0.1, 0.15) is 0 Å². The zero-order valence-corrected chi connectivity index (χ0v) is 9.89. The number of thioether (sulfide) groups is 1. The third-order valence-electron chi connectivity index (χ3n) is 2.46. The first-order chi connectivity index (χ1) is 7.24. The van der Waals surface area contributed by atoms with E-state index in [9.17, 15) is 4.79 Å². The van der Waals surface area contributed by atoms with Gasteiger partial charge in [-0.3, -0.25) is 0 Å². The first-order valence-electron chi connectivity index (χ1n) is 5.32. The Morgan fingerprint density at radius 2 is 2.40 bits per heavy atom. The molecule has 1 aliphatic rings. The second-order valence-corrected chi connectivity index (χ2v) is 4.70. The molecule has 0 aromatic heterocycles. The molecular formula is C10H19NO3S. The summed E-state index contributed by atoms with van der Waals surface area (Å²) in [4.78, 5) is 10.6. The van der Waals surface area contributed by atoms with Crippen LogP contribution in [0.15, 0.2) is 0 Å². The largest absolute Gasteiger partial charge is 0.479 e. The van der Waals surface area contributed by atoms with Gasteiger partial charge in [-0.25, -0.2) is 4.79 Å². The van der Waals surface area contributed by atoms with Gasteiger partial charge in [0.25, 0.3) is 0 Å². The minimum absolute atomic E-state index is 0.0837. The number of hydrogen-bond donors (Lipinski definition) is 2. The molecule has 1 saturated heterocycles. The van der Waals surface area contributed by atoms with Crippen molar-refractivity contribution in [2.45, 2.75) is 31.5 Å². The van der Waals surface area contributed by atoms with Crippen molar-refractivity contribution in [1.29, 1.82) is 0 Å². The highest BCUT2D eigenvalue weighted by Crippen LogP contribution is 2.19. The lowest BCUT2D eigenvalue weighted by molar-refractivity contribution is -0.149. The molecule has 0 aromatic carbocycles. The zero-order chi connectivity index (χ0) is 11.1. The molecular weight excluding hydrogens is 214 g/mol. The zero-order valence-electron chi connectivity index (χ0n) is 9.07. The number of hydrogen-bond acceptors (Lipinski definition) is 4. The number of carbonyl (C=O) groups is 1. The van der Waals surface area contributed by atoms with Crippen LogP contribution >= 0.6 is 11.8 Å². The first kappa shape index (κ1) is 12.8. The van der Waals surface area contributed by atoms with Crippen LogP contribution in [0.5, 0.6) is 0 Å². The lowest BCUT2D eigenvalue weighted by Crippen LogP contribution is -2.29. The maximum atomic E-state index is 10.6. The van der Waals surface area contributed by atoms with Crippen LogP contribution in [0.2, 0.25) is 0 Å². The van der Waals surface area contributed by atoms with Crippen LogP contribution in [0, 0.1) is 0 Å². The van der Waals surface area contributed by atoms with Crippen molar-refractivity contribution in [1.82, 2.24) is 5.32 Å². The number of aliphatic carboxylic acids is 1. The predicted octanol–water partition coefficient (Wildman–Crippen LogP) is 0.961. The smallest absolute Gasteiger partial charge is 0.332 e. The Hall–Kier alpha value is -0.260. The van der Waals surface area contributed by atoms with Gasteiger partial charge in [0, 0.05) is 6.54 Å². The van der Waals surface area contributed by atoms with Gasteiger partial charge in [0.2, 0.25) is 0 Å². The van der Waals surface area contributed by atoms with E-state index in [0.717, 1.165) is 31.7 Å². The molecule has 1 fully saturated rings. The molecule has 0 spiro atoms. The molecule has 2 N–H and O–H groups in total. The third-order valence-corrected chi connectivity index (χ3v) is 3.15. The molecule has 0 saturated carbocycles. The fourth-order valence-corrected chi connectivity index (χ4v) is 2.08. The molecule has 88 valence electrons. The van der Waals surface area contributed by atoms with Gasteiger partial charge in [0.15, 0.2) is 6.10 Å². The average Bonchev–Trinajstić information content (AvgIpc) is 2.66. The molecule has 4 nitrogen and oxygen atoms in total. The maximum absolute atomic E-state index is 10.6. The van der Waals surface area contributed by atoms with Crippen LogP contribution in [0.3, 0.4) is 0 Å². The van der Waals surface area contributed by atoms with Gasteiger partial charge in [-0.1, -0.05) is 0 Å². The lowest BCUT2D eigenvalue weighted by Gasteiger charge is -2.11. The molecule has 2 atom stereocenters. The Balaban J connectivity index is 2.01. The number of nitrogens with one attached hydrogen (secondary N) is 1. The van der Waals surface area contributed by atoms with Gasteiger partial charge in [-0.05, 0) is 37.8 Å². The SMILES string of the molecule is CSCCCNCC1CCC(C(=O)O)O1. The van der Waals surface area contributed by atoms with Crippen molar-refractivity contribution in [2.24, 2.45) is 0 Å². The monoisotopic (exact) mass is 233 g/mol.